The first-order valence-corrected chi connectivity index (χ1v) is 8.58. The molecule has 2 aromatic heterocycles. The molecule has 0 atom stereocenters. The van der Waals surface area contributed by atoms with Crippen LogP contribution in [0.15, 0.2) is 30.5 Å². The number of nitrogens with one attached hydrogen (secondary N) is 1. The van der Waals surface area contributed by atoms with Crippen LogP contribution in [-0.2, 0) is 0 Å². The van der Waals surface area contributed by atoms with Crippen molar-refractivity contribution in [1.29, 1.82) is 0 Å². The van der Waals surface area contributed by atoms with Gasteiger partial charge in [0, 0.05) is 43.0 Å². The van der Waals surface area contributed by atoms with E-state index in [9.17, 15) is 14.0 Å². The third-order valence-corrected chi connectivity index (χ3v) is 4.60. The molecule has 0 saturated carbocycles. The van der Waals surface area contributed by atoms with E-state index in [0.29, 0.717) is 42.3 Å². The molecule has 4 N–H and O–H groups in total. The normalized spacial score (nSPS) is 14.8. The Morgan fingerprint density at radius 2 is 2.04 bits per heavy atom. The molecule has 1 fully saturated rings. The molecule has 142 valence electrons. The number of halogens is 1. The minimum absolute atomic E-state index is 0.255. The molecule has 0 bridgehead atoms. The second kappa shape index (κ2) is 7.98. The molecule has 1 aliphatic rings. The number of piperidine rings is 1. The zero-order chi connectivity index (χ0) is 19.4. The number of carboxylic acid groups (broad SMARTS) is 1. The van der Waals surface area contributed by atoms with Gasteiger partial charge in [-0.05, 0) is 37.0 Å². The molecule has 1 saturated heterocycles. The van der Waals surface area contributed by atoms with Crippen molar-refractivity contribution in [3.63, 3.8) is 0 Å². The highest BCUT2D eigenvalue weighted by molar-refractivity contribution is 5.94. The van der Waals surface area contributed by atoms with Gasteiger partial charge in [0.15, 0.2) is 0 Å². The molecule has 0 aromatic carbocycles. The fourth-order valence-corrected chi connectivity index (χ4v) is 3.13. The van der Waals surface area contributed by atoms with Gasteiger partial charge in [-0.15, -0.1) is 0 Å². The van der Waals surface area contributed by atoms with E-state index in [1.807, 2.05) is 4.90 Å². The predicted octanol–water partition coefficient (Wildman–Crippen LogP) is 1.87. The SMILES string of the molecule is NC(=O)c1cc(-c2ccnc(F)c2)nc(N2CCC(CNC(=O)O)CC2)c1. The van der Waals surface area contributed by atoms with Gasteiger partial charge in [-0.3, -0.25) is 4.79 Å². The number of hydrogen-bond donors (Lipinski definition) is 3. The Labute approximate surface area is 155 Å². The summed E-state index contributed by atoms with van der Waals surface area (Å²) < 4.78 is 13.5. The lowest BCUT2D eigenvalue weighted by Gasteiger charge is -2.33. The quantitative estimate of drug-likeness (QED) is 0.688. The van der Waals surface area contributed by atoms with Gasteiger partial charge in [-0.1, -0.05) is 0 Å². The van der Waals surface area contributed by atoms with E-state index >= 15 is 0 Å². The number of aromatic nitrogens is 2. The number of primary amides is 1. The first kappa shape index (κ1) is 18.6. The van der Waals surface area contributed by atoms with Gasteiger partial charge in [-0.25, -0.2) is 14.8 Å². The standard InChI is InChI=1S/C18H20FN5O3/c19-15-8-12(1-4-21-15)14-7-13(17(20)25)9-16(23-14)24-5-2-11(3-6-24)10-22-18(26)27/h1,4,7-9,11,22H,2-3,5-6,10H2,(H2,20,25)(H,26,27). The van der Waals surface area contributed by atoms with Gasteiger partial charge in [0.25, 0.3) is 0 Å². The Balaban J connectivity index is 1.81. The molecule has 8 nitrogen and oxygen atoms in total. The molecule has 0 spiro atoms. The number of hydrogen-bond acceptors (Lipinski definition) is 5. The lowest BCUT2D eigenvalue weighted by molar-refractivity contribution is 0.1000. The maximum absolute atomic E-state index is 13.5. The van der Waals surface area contributed by atoms with Crippen molar-refractivity contribution in [2.75, 3.05) is 24.5 Å². The number of anilines is 1. The summed E-state index contributed by atoms with van der Waals surface area (Å²) in [5, 5.41) is 11.1. The maximum atomic E-state index is 13.5. The summed E-state index contributed by atoms with van der Waals surface area (Å²) in [6, 6.07) is 6.02. The van der Waals surface area contributed by atoms with Crippen molar-refractivity contribution in [3.8, 4) is 11.3 Å². The second-order valence-electron chi connectivity index (χ2n) is 6.45. The van der Waals surface area contributed by atoms with Crippen molar-refractivity contribution in [2.45, 2.75) is 12.8 Å². The average molecular weight is 373 g/mol. The Kier molecular flexibility index (Phi) is 5.49. The van der Waals surface area contributed by atoms with Crippen LogP contribution in [0.2, 0.25) is 0 Å². The lowest BCUT2D eigenvalue weighted by atomic mass is 9.96. The van der Waals surface area contributed by atoms with E-state index < -0.39 is 17.9 Å². The Morgan fingerprint density at radius 3 is 2.67 bits per heavy atom. The van der Waals surface area contributed by atoms with Crippen LogP contribution in [0.1, 0.15) is 23.2 Å². The van der Waals surface area contributed by atoms with Crippen LogP contribution in [0.3, 0.4) is 0 Å². The number of amides is 2. The van der Waals surface area contributed by atoms with Crippen molar-refractivity contribution >= 4 is 17.8 Å². The van der Waals surface area contributed by atoms with E-state index in [-0.39, 0.29) is 5.92 Å². The van der Waals surface area contributed by atoms with Gasteiger partial charge in [-0.2, -0.15) is 4.39 Å². The van der Waals surface area contributed by atoms with E-state index in [2.05, 4.69) is 15.3 Å². The molecule has 1 aliphatic heterocycles. The van der Waals surface area contributed by atoms with Crippen LogP contribution in [-0.4, -0.2) is 46.7 Å². The number of nitrogens with zero attached hydrogens (tertiary/aromatic N) is 3. The fraction of sp³-hybridized carbons (Fsp3) is 0.333. The summed E-state index contributed by atoms with van der Waals surface area (Å²) in [5.74, 6) is -0.379. The smallest absolute Gasteiger partial charge is 0.404 e. The Morgan fingerprint density at radius 1 is 1.30 bits per heavy atom. The molecule has 0 radical (unpaired) electrons. The van der Waals surface area contributed by atoms with E-state index in [0.717, 1.165) is 12.8 Å². The first-order chi connectivity index (χ1) is 12.9. The Bertz CT molecular complexity index is 853. The highest BCUT2D eigenvalue weighted by atomic mass is 19.1. The summed E-state index contributed by atoms with van der Waals surface area (Å²) in [7, 11) is 0. The van der Waals surface area contributed by atoms with Crippen molar-refractivity contribution in [1.82, 2.24) is 15.3 Å². The van der Waals surface area contributed by atoms with Gasteiger partial charge >= 0.3 is 6.09 Å². The zero-order valence-electron chi connectivity index (χ0n) is 14.6. The molecule has 0 aliphatic carbocycles. The Hall–Kier alpha value is -3.23. The van der Waals surface area contributed by atoms with Crippen molar-refractivity contribution < 1.29 is 19.1 Å². The molecule has 2 aromatic rings. The van der Waals surface area contributed by atoms with Crippen molar-refractivity contribution in [2.24, 2.45) is 11.7 Å². The topological polar surface area (TPSA) is 121 Å². The molecule has 27 heavy (non-hydrogen) atoms. The highest BCUT2D eigenvalue weighted by Gasteiger charge is 2.22. The van der Waals surface area contributed by atoms with E-state index in [1.165, 1.54) is 18.3 Å². The number of pyridine rings is 2. The zero-order valence-corrected chi connectivity index (χ0v) is 14.6. The number of carbonyl (C=O) groups is 2. The fourth-order valence-electron chi connectivity index (χ4n) is 3.13. The minimum Gasteiger partial charge on any atom is -0.465 e. The number of carbonyl (C=O) groups excluding carboxylic acids is 1. The molecular formula is C18H20FN5O3. The summed E-state index contributed by atoms with van der Waals surface area (Å²) in [6.07, 6.45) is 1.90. The molecule has 9 heteroatoms. The van der Waals surface area contributed by atoms with Crippen LogP contribution < -0.4 is 16.0 Å². The summed E-state index contributed by atoms with van der Waals surface area (Å²) in [4.78, 5) is 32.4. The van der Waals surface area contributed by atoms with Gasteiger partial charge in [0.2, 0.25) is 11.9 Å². The third kappa shape index (κ3) is 4.69. The first-order valence-electron chi connectivity index (χ1n) is 8.58. The van der Waals surface area contributed by atoms with Crippen LogP contribution in [0.5, 0.6) is 0 Å². The lowest BCUT2D eigenvalue weighted by Crippen LogP contribution is -2.38. The summed E-state index contributed by atoms with van der Waals surface area (Å²) >= 11 is 0. The van der Waals surface area contributed by atoms with Crippen LogP contribution in [0.4, 0.5) is 15.0 Å². The van der Waals surface area contributed by atoms with Gasteiger partial charge in [0.1, 0.15) is 5.82 Å². The number of rotatable bonds is 5. The van der Waals surface area contributed by atoms with Crippen LogP contribution in [0.25, 0.3) is 11.3 Å². The van der Waals surface area contributed by atoms with Crippen LogP contribution >= 0.6 is 0 Å². The summed E-state index contributed by atoms with van der Waals surface area (Å²) in [6.45, 7) is 1.76. The maximum Gasteiger partial charge on any atom is 0.404 e. The largest absolute Gasteiger partial charge is 0.465 e. The van der Waals surface area contributed by atoms with E-state index in [1.54, 1.807) is 12.1 Å². The number of nitrogens with two attached hydrogens (primary N) is 1. The molecular weight excluding hydrogens is 353 g/mol. The third-order valence-electron chi connectivity index (χ3n) is 4.60. The van der Waals surface area contributed by atoms with Gasteiger partial charge in [0.05, 0.1) is 5.69 Å². The van der Waals surface area contributed by atoms with Crippen molar-refractivity contribution in [3.05, 3.63) is 42.0 Å². The molecule has 0 unspecified atom stereocenters. The van der Waals surface area contributed by atoms with Crippen LogP contribution in [0, 0.1) is 11.9 Å². The average Bonchev–Trinajstić information content (AvgIpc) is 2.66. The van der Waals surface area contributed by atoms with E-state index in [4.69, 9.17) is 10.8 Å². The molecule has 2 amide bonds. The minimum atomic E-state index is -1.03. The molecule has 3 heterocycles. The monoisotopic (exact) mass is 373 g/mol. The second-order valence-corrected chi connectivity index (χ2v) is 6.45. The predicted molar refractivity (Wildman–Crippen MR) is 96.9 cm³/mol. The highest BCUT2D eigenvalue weighted by Crippen LogP contribution is 2.26. The summed E-state index contributed by atoms with van der Waals surface area (Å²) in [5.41, 5.74) is 6.69. The molecule has 3 rings (SSSR count). The van der Waals surface area contributed by atoms with Gasteiger partial charge < -0.3 is 21.1 Å².